The topological polar surface area (TPSA) is 164 Å². The zero-order chi connectivity index (χ0) is 20.5. The van der Waals surface area contributed by atoms with Gasteiger partial charge >= 0.3 is 5.97 Å². The van der Waals surface area contributed by atoms with E-state index in [2.05, 4.69) is 9.97 Å². The van der Waals surface area contributed by atoms with Gasteiger partial charge in [-0.05, 0) is 25.0 Å². The third-order valence-corrected chi connectivity index (χ3v) is 6.38. The number of aromatic amines is 1. The number of rotatable bonds is 5. The van der Waals surface area contributed by atoms with Crippen LogP contribution in [0.25, 0.3) is 0 Å². The number of sulfonamides is 1. The fourth-order valence-electron chi connectivity index (χ4n) is 3.04. The molecule has 0 aliphatic carbocycles. The molecule has 0 unspecified atom stereocenters. The molecule has 1 aromatic carbocycles. The molecule has 0 amide bonds. The normalized spacial score (nSPS) is 17.9. The number of non-ortho nitro benzene ring substituents is 1. The molecule has 0 saturated carbocycles. The summed E-state index contributed by atoms with van der Waals surface area (Å²) in [6, 6.07) is 4.60. The highest BCUT2D eigenvalue weighted by Crippen LogP contribution is 2.28. The highest BCUT2D eigenvalue weighted by molar-refractivity contribution is 7.89. The van der Waals surface area contributed by atoms with Crippen LogP contribution in [-0.2, 0) is 10.0 Å². The average molecular weight is 408 g/mol. The van der Waals surface area contributed by atoms with Crippen molar-refractivity contribution < 1.29 is 23.2 Å². The first-order valence-electron chi connectivity index (χ1n) is 8.27. The quantitative estimate of drug-likeness (QED) is 0.545. The molecule has 0 bridgehead atoms. The van der Waals surface area contributed by atoms with Gasteiger partial charge in [0.2, 0.25) is 10.0 Å². The second-order valence-corrected chi connectivity index (χ2v) is 8.21. The van der Waals surface area contributed by atoms with Crippen LogP contribution >= 0.6 is 0 Å². The summed E-state index contributed by atoms with van der Waals surface area (Å²) in [5.74, 6) is -1.58. The molecule has 1 aromatic heterocycles. The number of hydrogen-bond donors (Lipinski definition) is 2. The molecule has 2 aromatic rings. The molecule has 0 radical (unpaired) electrons. The predicted molar refractivity (Wildman–Crippen MR) is 95.6 cm³/mol. The van der Waals surface area contributed by atoms with E-state index in [1.165, 1.54) is 16.4 Å². The average Bonchev–Trinajstić information content (AvgIpc) is 2.67. The van der Waals surface area contributed by atoms with E-state index in [1.54, 1.807) is 0 Å². The van der Waals surface area contributed by atoms with Crippen molar-refractivity contribution in [1.82, 2.24) is 14.3 Å². The summed E-state index contributed by atoms with van der Waals surface area (Å²) in [5, 5.41) is 19.6. The number of nitro benzene ring substituents is 1. The lowest BCUT2D eigenvalue weighted by molar-refractivity contribution is -0.384. The smallest absolute Gasteiger partial charge is 0.342 e. The van der Waals surface area contributed by atoms with Gasteiger partial charge in [-0.2, -0.15) is 4.31 Å². The summed E-state index contributed by atoms with van der Waals surface area (Å²) in [5.41, 5.74) is -1.50. The molecule has 1 aliphatic heterocycles. The van der Waals surface area contributed by atoms with Crippen molar-refractivity contribution in [3.63, 3.8) is 0 Å². The summed E-state index contributed by atoms with van der Waals surface area (Å²) >= 11 is 0. The SMILES string of the molecule is O=C(O)c1cnc([C@@H]2CCCN(S(=O)(=O)c3ccc([N+](=O)[O-])cc3)C2)[nH]c1=O. The third kappa shape index (κ3) is 3.77. The number of benzene rings is 1. The zero-order valence-electron chi connectivity index (χ0n) is 14.4. The minimum absolute atomic E-state index is 0.0503. The summed E-state index contributed by atoms with van der Waals surface area (Å²) in [4.78, 5) is 39.2. The number of nitrogens with zero attached hydrogens (tertiary/aromatic N) is 3. The van der Waals surface area contributed by atoms with E-state index in [0.29, 0.717) is 12.8 Å². The van der Waals surface area contributed by atoms with Gasteiger partial charge in [-0.25, -0.2) is 18.2 Å². The monoisotopic (exact) mass is 408 g/mol. The summed E-state index contributed by atoms with van der Waals surface area (Å²) in [7, 11) is -3.88. The van der Waals surface area contributed by atoms with Crippen molar-refractivity contribution in [1.29, 1.82) is 0 Å². The molecule has 3 rings (SSSR count). The lowest BCUT2D eigenvalue weighted by atomic mass is 9.99. The highest BCUT2D eigenvalue weighted by Gasteiger charge is 2.32. The first-order chi connectivity index (χ1) is 13.2. The zero-order valence-corrected chi connectivity index (χ0v) is 15.3. The number of aromatic carboxylic acids is 1. The van der Waals surface area contributed by atoms with Crippen LogP contribution in [0.1, 0.15) is 34.9 Å². The molecule has 12 heteroatoms. The second-order valence-electron chi connectivity index (χ2n) is 6.27. The molecule has 2 N–H and O–H groups in total. The third-order valence-electron chi connectivity index (χ3n) is 4.51. The Labute approximate surface area is 158 Å². The number of nitro groups is 1. The molecule has 1 atom stereocenters. The first-order valence-corrected chi connectivity index (χ1v) is 9.71. The number of carboxylic acids is 1. The highest BCUT2D eigenvalue weighted by atomic mass is 32.2. The molecule has 28 heavy (non-hydrogen) atoms. The van der Waals surface area contributed by atoms with Crippen molar-refractivity contribution in [3.05, 3.63) is 62.3 Å². The number of piperidine rings is 1. The number of H-pyrrole nitrogens is 1. The molecular formula is C16H16N4O7S. The van der Waals surface area contributed by atoms with Crippen LogP contribution < -0.4 is 5.56 Å². The van der Waals surface area contributed by atoms with Crippen LogP contribution in [0, 0.1) is 10.1 Å². The van der Waals surface area contributed by atoms with Crippen LogP contribution in [0.4, 0.5) is 5.69 Å². The standard InChI is InChI=1S/C16H16N4O7S/c21-15-13(16(22)23)8-17-14(18-15)10-2-1-7-19(9-10)28(26,27)12-5-3-11(4-6-12)20(24)25/h3-6,8,10H,1-2,7,9H2,(H,22,23)(H,17,18,21)/t10-/m1/s1. The molecule has 1 fully saturated rings. The van der Waals surface area contributed by atoms with Gasteiger partial charge in [0.15, 0.2) is 0 Å². The molecule has 0 spiro atoms. The fourth-order valence-corrected chi connectivity index (χ4v) is 4.57. The maximum atomic E-state index is 12.8. The summed E-state index contributed by atoms with van der Waals surface area (Å²) in [6.45, 7) is 0.307. The molecule has 1 aliphatic rings. The molecular weight excluding hydrogens is 392 g/mol. The Morgan fingerprint density at radius 2 is 2.00 bits per heavy atom. The van der Waals surface area contributed by atoms with Crippen LogP contribution in [0.15, 0.2) is 40.2 Å². The second kappa shape index (κ2) is 7.48. The van der Waals surface area contributed by atoms with E-state index >= 15 is 0 Å². The van der Waals surface area contributed by atoms with Gasteiger partial charge in [0.05, 0.1) is 9.82 Å². The minimum atomic E-state index is -3.88. The lowest BCUT2D eigenvalue weighted by Crippen LogP contribution is -2.40. The van der Waals surface area contributed by atoms with Crippen LogP contribution in [0.2, 0.25) is 0 Å². The maximum Gasteiger partial charge on any atom is 0.342 e. The molecule has 148 valence electrons. The largest absolute Gasteiger partial charge is 0.477 e. The fraction of sp³-hybridized carbons (Fsp3) is 0.312. The first kappa shape index (κ1) is 19.6. The molecule has 2 heterocycles. The predicted octanol–water partition coefficient (Wildman–Crippen LogP) is 0.945. The van der Waals surface area contributed by atoms with Crippen molar-refractivity contribution in [2.75, 3.05) is 13.1 Å². The van der Waals surface area contributed by atoms with Gasteiger partial charge in [0.1, 0.15) is 11.4 Å². The van der Waals surface area contributed by atoms with Gasteiger partial charge in [-0.15, -0.1) is 0 Å². The lowest BCUT2D eigenvalue weighted by Gasteiger charge is -2.31. The van der Waals surface area contributed by atoms with Crippen LogP contribution in [-0.4, -0.2) is 51.8 Å². The van der Waals surface area contributed by atoms with Crippen LogP contribution in [0.3, 0.4) is 0 Å². The Morgan fingerprint density at radius 1 is 1.32 bits per heavy atom. The van der Waals surface area contributed by atoms with E-state index in [-0.39, 0.29) is 29.5 Å². The Kier molecular flexibility index (Phi) is 5.25. The van der Waals surface area contributed by atoms with E-state index < -0.39 is 38.0 Å². The summed E-state index contributed by atoms with van der Waals surface area (Å²) in [6.07, 6.45) is 2.04. The van der Waals surface area contributed by atoms with Crippen molar-refractivity contribution in [2.45, 2.75) is 23.7 Å². The molecule has 1 saturated heterocycles. The van der Waals surface area contributed by atoms with Gasteiger partial charge in [0.25, 0.3) is 11.2 Å². The number of aromatic nitrogens is 2. The number of nitrogens with one attached hydrogen (secondary N) is 1. The molecule has 11 nitrogen and oxygen atoms in total. The van der Waals surface area contributed by atoms with E-state index in [4.69, 9.17) is 5.11 Å². The van der Waals surface area contributed by atoms with E-state index in [0.717, 1.165) is 18.3 Å². The Bertz CT molecular complexity index is 1080. The Balaban J connectivity index is 1.84. The van der Waals surface area contributed by atoms with Gasteiger partial charge in [-0.3, -0.25) is 14.9 Å². The van der Waals surface area contributed by atoms with Crippen molar-refractivity contribution in [3.8, 4) is 0 Å². The Hall–Kier alpha value is -3.12. The number of carboxylic acid groups (broad SMARTS) is 1. The van der Waals surface area contributed by atoms with Crippen LogP contribution in [0.5, 0.6) is 0 Å². The van der Waals surface area contributed by atoms with Gasteiger partial charge in [0, 0.05) is 37.3 Å². The van der Waals surface area contributed by atoms with E-state index in [9.17, 15) is 28.1 Å². The number of carbonyl (C=O) groups is 1. The number of hydrogen-bond acceptors (Lipinski definition) is 7. The van der Waals surface area contributed by atoms with Gasteiger partial charge in [-0.1, -0.05) is 0 Å². The van der Waals surface area contributed by atoms with Gasteiger partial charge < -0.3 is 10.1 Å². The Morgan fingerprint density at radius 3 is 2.57 bits per heavy atom. The maximum absolute atomic E-state index is 12.8. The van der Waals surface area contributed by atoms with Crippen molar-refractivity contribution >= 4 is 21.7 Å². The summed E-state index contributed by atoms with van der Waals surface area (Å²) < 4.78 is 26.9. The van der Waals surface area contributed by atoms with Crippen molar-refractivity contribution in [2.24, 2.45) is 0 Å². The van der Waals surface area contributed by atoms with E-state index in [1.807, 2.05) is 0 Å². The minimum Gasteiger partial charge on any atom is -0.477 e.